The number of fused-ring (bicyclic) bond motifs is 1. The van der Waals surface area contributed by atoms with Crippen molar-refractivity contribution in [3.05, 3.63) is 77.2 Å². The van der Waals surface area contributed by atoms with E-state index in [1.54, 1.807) is 28.5 Å². The van der Waals surface area contributed by atoms with Crippen molar-refractivity contribution in [2.75, 3.05) is 5.32 Å². The van der Waals surface area contributed by atoms with Crippen molar-refractivity contribution >= 4 is 33.3 Å². The second-order valence-corrected chi connectivity index (χ2v) is 9.33. The Kier molecular flexibility index (Phi) is 5.88. The van der Waals surface area contributed by atoms with E-state index in [1.165, 1.54) is 23.5 Å². The molecule has 4 rings (SSSR count). The average Bonchev–Trinajstić information content (AvgIpc) is 3.41. The molecule has 1 amide bonds. The van der Waals surface area contributed by atoms with Crippen LogP contribution in [0.25, 0.3) is 16.6 Å². The number of hydrogen-bond acceptors (Lipinski definition) is 5. The smallest absolute Gasteiger partial charge is 0.232 e. The number of benzene rings is 2. The number of nitrogens with zero attached hydrogens (tertiary/aromatic N) is 4. The quantitative estimate of drug-likeness (QED) is 0.382. The number of nitrogens with one attached hydrogen (secondary N) is 1. The standard InChI is InChI=1S/C24H24FN5OS/c1-15(2)11-20(24(3,4)22(31)28-23-29-26-14-32-23)16-5-10-21-17(12-16)13-27-30(21)19-8-6-18(25)7-9-19/h5-14,20H,1-4H3,(H,28,29,31). The van der Waals surface area contributed by atoms with E-state index in [2.05, 4.69) is 32.8 Å². The van der Waals surface area contributed by atoms with Crippen LogP contribution in [0.4, 0.5) is 9.52 Å². The summed E-state index contributed by atoms with van der Waals surface area (Å²) in [6.07, 6.45) is 3.90. The monoisotopic (exact) mass is 449 g/mol. The molecule has 1 N–H and O–H groups in total. The van der Waals surface area contributed by atoms with E-state index < -0.39 is 5.41 Å². The van der Waals surface area contributed by atoms with Crippen LogP contribution in [0.2, 0.25) is 0 Å². The van der Waals surface area contributed by atoms with Crippen LogP contribution in [0.15, 0.2) is 65.8 Å². The zero-order chi connectivity index (χ0) is 22.9. The lowest BCUT2D eigenvalue weighted by Crippen LogP contribution is -2.36. The molecule has 4 aromatic rings. The van der Waals surface area contributed by atoms with E-state index in [0.717, 1.165) is 27.7 Å². The minimum absolute atomic E-state index is 0.126. The van der Waals surface area contributed by atoms with Crippen LogP contribution in [0.1, 0.15) is 39.2 Å². The molecule has 164 valence electrons. The van der Waals surface area contributed by atoms with Crippen LogP contribution in [-0.4, -0.2) is 25.9 Å². The van der Waals surface area contributed by atoms with Gasteiger partial charge in [0.25, 0.3) is 0 Å². The Bertz CT molecular complexity index is 1270. The Morgan fingerprint density at radius 1 is 1.19 bits per heavy atom. The molecule has 0 saturated carbocycles. The van der Waals surface area contributed by atoms with Crippen molar-refractivity contribution in [3.63, 3.8) is 0 Å². The minimum Gasteiger partial charge on any atom is -0.300 e. The predicted molar refractivity (Wildman–Crippen MR) is 126 cm³/mol. The number of aromatic nitrogens is 4. The van der Waals surface area contributed by atoms with Crippen molar-refractivity contribution < 1.29 is 9.18 Å². The molecule has 1 unspecified atom stereocenters. The van der Waals surface area contributed by atoms with Gasteiger partial charge in [0.05, 0.1) is 22.8 Å². The SMILES string of the molecule is CC(C)=CC(c1ccc2c(cnn2-c2ccc(F)cc2)c1)C(C)(C)C(=O)Nc1nncs1. The van der Waals surface area contributed by atoms with Crippen LogP contribution < -0.4 is 5.32 Å². The number of carbonyl (C=O) groups excluding carboxylic acids is 1. The van der Waals surface area contributed by atoms with Gasteiger partial charge in [0.15, 0.2) is 0 Å². The van der Waals surface area contributed by atoms with E-state index in [4.69, 9.17) is 0 Å². The second kappa shape index (κ2) is 8.63. The largest absolute Gasteiger partial charge is 0.300 e. The molecule has 0 radical (unpaired) electrons. The molecule has 0 saturated heterocycles. The topological polar surface area (TPSA) is 72.7 Å². The Labute approximate surface area is 189 Å². The summed E-state index contributed by atoms with van der Waals surface area (Å²) in [4.78, 5) is 13.2. The third-order valence-corrected chi connectivity index (χ3v) is 6.07. The van der Waals surface area contributed by atoms with Gasteiger partial charge in [0.2, 0.25) is 11.0 Å². The highest BCUT2D eigenvalue weighted by Gasteiger charge is 2.37. The first kappa shape index (κ1) is 21.8. The molecule has 2 aromatic carbocycles. The van der Waals surface area contributed by atoms with Gasteiger partial charge in [-0.3, -0.25) is 4.79 Å². The first-order valence-corrected chi connectivity index (χ1v) is 11.1. The summed E-state index contributed by atoms with van der Waals surface area (Å²) in [5, 5.41) is 16.5. The van der Waals surface area contributed by atoms with Gasteiger partial charge in [-0.25, -0.2) is 9.07 Å². The third-order valence-electron chi connectivity index (χ3n) is 5.47. The fourth-order valence-corrected chi connectivity index (χ4v) is 4.15. The van der Waals surface area contributed by atoms with Crippen molar-refractivity contribution in [3.8, 4) is 5.69 Å². The van der Waals surface area contributed by atoms with Crippen LogP contribution in [0.3, 0.4) is 0 Å². The summed E-state index contributed by atoms with van der Waals surface area (Å²) in [5.41, 5.74) is 4.66. The molecule has 0 fully saturated rings. The normalized spacial score (nSPS) is 12.5. The van der Waals surface area contributed by atoms with Crippen molar-refractivity contribution in [2.45, 2.75) is 33.6 Å². The Morgan fingerprint density at radius 2 is 1.94 bits per heavy atom. The maximum atomic E-state index is 13.3. The summed E-state index contributed by atoms with van der Waals surface area (Å²) in [5.74, 6) is -0.580. The van der Waals surface area contributed by atoms with Crippen molar-refractivity contribution in [2.24, 2.45) is 5.41 Å². The minimum atomic E-state index is -0.746. The van der Waals surface area contributed by atoms with Crippen molar-refractivity contribution in [1.29, 1.82) is 0 Å². The Balaban J connectivity index is 1.72. The summed E-state index contributed by atoms with van der Waals surface area (Å²) < 4.78 is 15.1. The van der Waals surface area contributed by atoms with Gasteiger partial charge >= 0.3 is 0 Å². The lowest BCUT2D eigenvalue weighted by molar-refractivity contribution is -0.124. The van der Waals surface area contributed by atoms with Gasteiger partial charge in [0.1, 0.15) is 11.3 Å². The first-order chi connectivity index (χ1) is 15.3. The number of halogens is 1. The molecule has 1 atom stereocenters. The second-order valence-electron chi connectivity index (χ2n) is 8.49. The van der Waals surface area contributed by atoms with Gasteiger partial charge in [-0.15, -0.1) is 10.2 Å². The van der Waals surface area contributed by atoms with Crippen LogP contribution in [0.5, 0.6) is 0 Å². The fraction of sp³-hybridized carbons (Fsp3) is 0.250. The molecule has 2 aromatic heterocycles. The van der Waals surface area contributed by atoms with Crippen molar-refractivity contribution in [1.82, 2.24) is 20.0 Å². The maximum absolute atomic E-state index is 13.3. The zero-order valence-corrected chi connectivity index (χ0v) is 19.2. The molecular weight excluding hydrogens is 425 g/mol. The lowest BCUT2D eigenvalue weighted by atomic mass is 9.73. The van der Waals surface area contributed by atoms with Gasteiger partial charge in [-0.05, 0) is 55.8 Å². The van der Waals surface area contributed by atoms with Gasteiger partial charge < -0.3 is 5.32 Å². The fourth-order valence-electron chi connectivity index (χ4n) is 3.71. The van der Waals surface area contributed by atoms with E-state index in [0.29, 0.717) is 5.13 Å². The van der Waals surface area contributed by atoms with Gasteiger partial charge in [-0.1, -0.05) is 42.9 Å². The highest BCUT2D eigenvalue weighted by atomic mass is 32.1. The molecule has 0 spiro atoms. The molecule has 8 heteroatoms. The number of allylic oxidation sites excluding steroid dienone is 2. The molecule has 0 aliphatic rings. The number of rotatable bonds is 6. The van der Waals surface area contributed by atoms with E-state index in [1.807, 2.05) is 39.8 Å². The maximum Gasteiger partial charge on any atom is 0.232 e. The Hall–Kier alpha value is -3.39. The summed E-state index contributed by atoms with van der Waals surface area (Å²) in [6, 6.07) is 12.3. The average molecular weight is 450 g/mol. The first-order valence-electron chi connectivity index (χ1n) is 10.2. The van der Waals surface area contributed by atoms with Crippen LogP contribution >= 0.6 is 11.3 Å². The third kappa shape index (κ3) is 4.31. The lowest BCUT2D eigenvalue weighted by Gasteiger charge is -2.31. The Morgan fingerprint density at radius 3 is 2.59 bits per heavy atom. The highest BCUT2D eigenvalue weighted by Crippen LogP contribution is 2.40. The highest BCUT2D eigenvalue weighted by molar-refractivity contribution is 7.13. The van der Waals surface area contributed by atoms with E-state index in [-0.39, 0.29) is 17.6 Å². The van der Waals surface area contributed by atoms with Crippen LogP contribution in [-0.2, 0) is 4.79 Å². The molecular formula is C24H24FN5OS. The zero-order valence-electron chi connectivity index (χ0n) is 18.3. The molecule has 2 heterocycles. The summed E-state index contributed by atoms with van der Waals surface area (Å²) in [7, 11) is 0. The number of amides is 1. The molecule has 0 aliphatic carbocycles. The number of anilines is 1. The number of carbonyl (C=O) groups is 1. The van der Waals surface area contributed by atoms with Gasteiger partial charge in [0, 0.05) is 11.3 Å². The van der Waals surface area contributed by atoms with Crippen LogP contribution in [0, 0.1) is 11.2 Å². The van der Waals surface area contributed by atoms with E-state index in [9.17, 15) is 9.18 Å². The molecule has 0 aliphatic heterocycles. The number of hydrogen-bond donors (Lipinski definition) is 1. The predicted octanol–water partition coefficient (Wildman–Crippen LogP) is 5.73. The van der Waals surface area contributed by atoms with E-state index >= 15 is 0 Å². The molecule has 32 heavy (non-hydrogen) atoms. The summed E-state index contributed by atoms with van der Waals surface area (Å²) in [6.45, 7) is 7.91. The summed E-state index contributed by atoms with van der Waals surface area (Å²) >= 11 is 1.29. The molecule has 6 nitrogen and oxygen atoms in total. The molecule has 0 bridgehead atoms. The van der Waals surface area contributed by atoms with Gasteiger partial charge in [-0.2, -0.15) is 5.10 Å².